The molecule has 53 heavy (non-hydrogen) atoms. The zero-order valence-corrected chi connectivity index (χ0v) is 28.8. The highest BCUT2D eigenvalue weighted by Gasteiger charge is 2.24. The summed E-state index contributed by atoms with van der Waals surface area (Å²) >= 11 is 0. The number of nitrogens with zero attached hydrogens (tertiary/aromatic N) is 2. The van der Waals surface area contributed by atoms with E-state index in [1.807, 2.05) is 12.1 Å². The first kappa shape index (κ1) is 29.6. The first-order valence-corrected chi connectivity index (χ1v) is 18.1. The Labute approximate surface area is 306 Å². The molecule has 0 radical (unpaired) electrons. The van der Waals surface area contributed by atoms with Gasteiger partial charge in [0, 0.05) is 43.9 Å². The lowest BCUT2D eigenvalue weighted by Gasteiger charge is -2.13. The number of para-hydroxylation sites is 4. The molecule has 0 N–H and O–H groups in total. The molecule has 0 aliphatic carbocycles. The van der Waals surface area contributed by atoms with Crippen LogP contribution in [0.25, 0.3) is 99.5 Å². The molecule has 0 fully saturated rings. The molecule has 0 atom stereocenters. The van der Waals surface area contributed by atoms with Crippen molar-refractivity contribution < 1.29 is 4.42 Å². The zero-order valence-electron chi connectivity index (χ0n) is 28.8. The first-order chi connectivity index (χ1) is 26.3. The van der Waals surface area contributed by atoms with E-state index in [4.69, 9.17) is 4.42 Å². The van der Waals surface area contributed by atoms with Gasteiger partial charge in [0.15, 0.2) is 0 Å². The molecule has 248 valence electrons. The van der Waals surface area contributed by atoms with Gasteiger partial charge in [-0.15, -0.1) is 0 Å². The molecule has 0 aliphatic rings. The minimum absolute atomic E-state index is 0.894. The molecule has 0 unspecified atom stereocenters. The molecule has 0 amide bonds. The number of rotatable bonds is 5. The van der Waals surface area contributed by atoms with Crippen LogP contribution in [0.2, 0.25) is 0 Å². The molecule has 0 saturated heterocycles. The van der Waals surface area contributed by atoms with Gasteiger partial charge in [0.2, 0.25) is 0 Å². The lowest BCUT2D eigenvalue weighted by molar-refractivity contribution is 0.669. The smallest absolute Gasteiger partial charge is 0.135 e. The molecule has 8 aromatic carbocycles. The number of hydrogen-bond acceptors (Lipinski definition) is 1. The van der Waals surface area contributed by atoms with Gasteiger partial charge in [-0.3, -0.25) is 0 Å². The average molecular weight is 677 g/mol. The quantitative estimate of drug-likeness (QED) is 0.178. The van der Waals surface area contributed by atoms with Gasteiger partial charge < -0.3 is 13.6 Å². The minimum Gasteiger partial charge on any atom is -0.456 e. The van der Waals surface area contributed by atoms with Crippen molar-refractivity contribution in [3.8, 4) is 44.9 Å². The lowest BCUT2D eigenvalue weighted by atomic mass is 9.94. The second kappa shape index (κ2) is 11.7. The van der Waals surface area contributed by atoms with E-state index in [0.29, 0.717) is 0 Å². The molecule has 3 heterocycles. The Morgan fingerprint density at radius 2 is 0.925 bits per heavy atom. The molecular formula is C50H32N2O. The Morgan fingerprint density at radius 1 is 0.340 bits per heavy atom. The Hall–Kier alpha value is -7.10. The Morgan fingerprint density at radius 3 is 1.72 bits per heavy atom. The number of benzene rings is 8. The summed E-state index contributed by atoms with van der Waals surface area (Å²) < 4.78 is 11.1. The normalized spacial score (nSPS) is 11.8. The lowest BCUT2D eigenvalue weighted by Crippen LogP contribution is -1.97. The van der Waals surface area contributed by atoms with E-state index in [-0.39, 0.29) is 0 Å². The van der Waals surface area contributed by atoms with E-state index < -0.39 is 0 Å². The van der Waals surface area contributed by atoms with Crippen molar-refractivity contribution in [2.75, 3.05) is 0 Å². The highest BCUT2D eigenvalue weighted by Crippen LogP contribution is 2.46. The summed E-state index contributed by atoms with van der Waals surface area (Å²) in [6.07, 6.45) is 0. The molecule has 0 bridgehead atoms. The van der Waals surface area contributed by atoms with Gasteiger partial charge in [0.25, 0.3) is 0 Å². The highest BCUT2D eigenvalue weighted by molar-refractivity contribution is 6.17. The van der Waals surface area contributed by atoms with E-state index >= 15 is 0 Å². The Bertz CT molecular complexity index is 3150. The van der Waals surface area contributed by atoms with Crippen LogP contribution in [0.3, 0.4) is 0 Å². The summed E-state index contributed by atoms with van der Waals surface area (Å²) in [5, 5.41) is 5.93. The molecule has 11 rings (SSSR count). The summed E-state index contributed by atoms with van der Waals surface area (Å²) in [4.78, 5) is 0. The predicted octanol–water partition coefficient (Wildman–Crippen LogP) is 13.6. The van der Waals surface area contributed by atoms with E-state index in [9.17, 15) is 0 Å². The van der Waals surface area contributed by atoms with Crippen molar-refractivity contribution >= 4 is 54.6 Å². The van der Waals surface area contributed by atoms with Crippen LogP contribution in [-0.4, -0.2) is 9.13 Å². The summed E-state index contributed by atoms with van der Waals surface area (Å²) in [6.45, 7) is 0. The predicted molar refractivity (Wildman–Crippen MR) is 221 cm³/mol. The number of furan rings is 1. The molecule has 3 nitrogen and oxygen atoms in total. The minimum atomic E-state index is 0.894. The largest absolute Gasteiger partial charge is 0.456 e. The summed E-state index contributed by atoms with van der Waals surface area (Å²) in [5.41, 5.74) is 14.7. The monoisotopic (exact) mass is 676 g/mol. The van der Waals surface area contributed by atoms with E-state index in [1.165, 1.54) is 43.9 Å². The van der Waals surface area contributed by atoms with E-state index in [0.717, 1.165) is 55.7 Å². The van der Waals surface area contributed by atoms with Crippen molar-refractivity contribution in [3.05, 3.63) is 194 Å². The van der Waals surface area contributed by atoms with Gasteiger partial charge in [-0.1, -0.05) is 127 Å². The first-order valence-electron chi connectivity index (χ1n) is 18.1. The van der Waals surface area contributed by atoms with Crippen molar-refractivity contribution in [2.24, 2.45) is 0 Å². The average Bonchev–Trinajstić information content (AvgIpc) is 3.89. The van der Waals surface area contributed by atoms with Crippen LogP contribution in [-0.2, 0) is 0 Å². The number of aromatic nitrogens is 2. The fourth-order valence-electron chi connectivity index (χ4n) is 8.46. The Balaban J connectivity index is 1.25. The van der Waals surface area contributed by atoms with Crippen LogP contribution in [0.4, 0.5) is 0 Å². The molecule has 0 spiro atoms. The fraction of sp³-hybridized carbons (Fsp3) is 0. The second-order valence-corrected chi connectivity index (χ2v) is 13.7. The maximum absolute atomic E-state index is 6.30. The van der Waals surface area contributed by atoms with E-state index in [1.54, 1.807) is 0 Å². The van der Waals surface area contributed by atoms with Gasteiger partial charge in [0.05, 0.1) is 22.2 Å². The summed E-state index contributed by atoms with van der Waals surface area (Å²) in [6, 6.07) is 69.7. The highest BCUT2D eigenvalue weighted by atomic mass is 16.3. The van der Waals surface area contributed by atoms with Crippen molar-refractivity contribution in [1.29, 1.82) is 0 Å². The Kier molecular flexibility index (Phi) is 6.55. The SMILES string of the molecule is c1ccc(-c2c(-c3ccc4oc5ccccc5c4c3)c3cc(-c4cccc5c4c4ccccc4n5-c4ccccc4)ccc3n2-c2ccccc2)cc1. The van der Waals surface area contributed by atoms with Crippen LogP contribution in [0.15, 0.2) is 199 Å². The van der Waals surface area contributed by atoms with Crippen molar-refractivity contribution in [1.82, 2.24) is 9.13 Å². The standard InChI is InChI=1S/C50H32N2O/c1-4-15-33(16-5-1)50-48(35-28-30-47-41(32-35)39-21-11-13-26-46(39)53-47)42-31-34(27-29-44(42)52(50)37-19-8-3-9-20-37)38-23-14-25-45-49(38)40-22-10-12-24-43(40)51(45)36-17-6-2-7-18-36/h1-32H. The molecule has 0 aliphatic heterocycles. The maximum atomic E-state index is 6.30. The molecule has 3 aromatic heterocycles. The third kappa shape index (κ3) is 4.54. The van der Waals surface area contributed by atoms with E-state index in [2.05, 4.69) is 191 Å². The van der Waals surface area contributed by atoms with Crippen LogP contribution in [0.1, 0.15) is 0 Å². The molecule has 3 heteroatoms. The van der Waals surface area contributed by atoms with Gasteiger partial charge in [-0.25, -0.2) is 0 Å². The van der Waals surface area contributed by atoms with Gasteiger partial charge in [-0.2, -0.15) is 0 Å². The second-order valence-electron chi connectivity index (χ2n) is 13.7. The van der Waals surface area contributed by atoms with Gasteiger partial charge in [0.1, 0.15) is 11.2 Å². The van der Waals surface area contributed by atoms with Crippen LogP contribution in [0, 0.1) is 0 Å². The van der Waals surface area contributed by atoms with Crippen molar-refractivity contribution in [2.45, 2.75) is 0 Å². The summed E-state index contributed by atoms with van der Waals surface area (Å²) in [5.74, 6) is 0. The molecule has 11 aromatic rings. The van der Waals surface area contributed by atoms with Gasteiger partial charge in [-0.05, 0) is 89.0 Å². The van der Waals surface area contributed by atoms with Crippen LogP contribution < -0.4 is 0 Å². The summed E-state index contributed by atoms with van der Waals surface area (Å²) in [7, 11) is 0. The van der Waals surface area contributed by atoms with Crippen LogP contribution in [0.5, 0.6) is 0 Å². The topological polar surface area (TPSA) is 23.0 Å². The maximum Gasteiger partial charge on any atom is 0.135 e. The molecular weight excluding hydrogens is 645 g/mol. The third-order valence-corrected chi connectivity index (χ3v) is 10.7. The third-order valence-electron chi connectivity index (χ3n) is 10.7. The van der Waals surface area contributed by atoms with Gasteiger partial charge >= 0.3 is 0 Å². The number of fused-ring (bicyclic) bond motifs is 7. The molecule has 0 saturated carbocycles. The number of hydrogen-bond donors (Lipinski definition) is 0. The van der Waals surface area contributed by atoms with Crippen molar-refractivity contribution in [3.63, 3.8) is 0 Å². The fourth-order valence-corrected chi connectivity index (χ4v) is 8.46. The van der Waals surface area contributed by atoms with Crippen LogP contribution >= 0.6 is 0 Å². The zero-order chi connectivity index (χ0) is 34.9.